The summed E-state index contributed by atoms with van der Waals surface area (Å²) in [5.41, 5.74) is 3.30. The lowest BCUT2D eigenvalue weighted by Gasteiger charge is -2.29. The van der Waals surface area contributed by atoms with Crippen molar-refractivity contribution in [2.24, 2.45) is 5.14 Å². The molecule has 0 spiro atoms. The van der Waals surface area contributed by atoms with Crippen LogP contribution in [0.3, 0.4) is 0 Å². The molecule has 0 saturated carbocycles. The second-order valence-electron chi connectivity index (χ2n) is 5.83. The van der Waals surface area contributed by atoms with Gasteiger partial charge in [0.15, 0.2) is 0 Å². The molecule has 1 aliphatic rings. The van der Waals surface area contributed by atoms with Crippen molar-refractivity contribution in [2.75, 3.05) is 18.5 Å². The number of urea groups is 1. The van der Waals surface area contributed by atoms with Crippen LogP contribution in [-0.4, -0.2) is 42.6 Å². The average Bonchev–Trinajstić information content (AvgIpc) is 2.60. The highest BCUT2D eigenvalue weighted by atomic mass is 35.5. The molecule has 1 aromatic heterocycles. The lowest BCUT2D eigenvalue weighted by atomic mass is 9.98. The summed E-state index contributed by atoms with van der Waals surface area (Å²) < 4.78 is 24.4. The van der Waals surface area contributed by atoms with Crippen LogP contribution in [0, 0.1) is 0 Å². The minimum Gasteiger partial charge on any atom is -0.395 e. The number of rotatable bonds is 6. The van der Waals surface area contributed by atoms with E-state index in [1.54, 1.807) is 12.3 Å². The van der Waals surface area contributed by atoms with Gasteiger partial charge in [0.25, 0.3) is 10.2 Å². The molecule has 2 amide bonds. The van der Waals surface area contributed by atoms with Gasteiger partial charge in [-0.05, 0) is 28.8 Å². The van der Waals surface area contributed by atoms with E-state index in [1.807, 2.05) is 24.3 Å². The van der Waals surface area contributed by atoms with E-state index in [1.165, 1.54) is 4.90 Å². The van der Waals surface area contributed by atoms with Gasteiger partial charge in [0.1, 0.15) is 5.82 Å². The van der Waals surface area contributed by atoms with Crippen LogP contribution in [0.1, 0.15) is 11.1 Å². The lowest BCUT2D eigenvalue weighted by molar-refractivity contribution is 0.183. The van der Waals surface area contributed by atoms with Crippen molar-refractivity contribution in [2.45, 2.75) is 13.1 Å². The number of halogens is 1. The van der Waals surface area contributed by atoms with Gasteiger partial charge in [-0.1, -0.05) is 18.2 Å². The molecule has 1 aromatic carbocycles. The number of β-amino-alcohol motifs (C(OH)–C–C–N with tert-alkyl or cyclic N) is 1. The Morgan fingerprint density at radius 3 is 2.81 bits per heavy atom. The van der Waals surface area contributed by atoms with E-state index in [0.29, 0.717) is 12.4 Å². The fourth-order valence-corrected chi connectivity index (χ4v) is 3.18. The molecule has 9 nitrogen and oxygen atoms in total. The lowest BCUT2D eigenvalue weighted by Crippen LogP contribution is -2.40. The molecule has 11 heteroatoms. The number of nitrogens with two attached hydrogens (primary N) is 1. The van der Waals surface area contributed by atoms with Gasteiger partial charge in [0, 0.05) is 24.8 Å². The molecule has 3 rings (SSSR count). The van der Waals surface area contributed by atoms with E-state index in [9.17, 15) is 13.2 Å². The van der Waals surface area contributed by atoms with Gasteiger partial charge in [-0.3, -0.25) is 5.32 Å². The van der Waals surface area contributed by atoms with Crippen molar-refractivity contribution in [3.63, 3.8) is 0 Å². The van der Waals surface area contributed by atoms with Crippen LogP contribution in [0.25, 0.3) is 11.1 Å². The molecule has 0 aliphatic carbocycles. The molecule has 5 N–H and O–H groups in total. The number of benzene rings is 1. The maximum atomic E-state index is 12.0. The maximum Gasteiger partial charge on any atom is 0.323 e. The standard InChI is InChI=1S/C16H19N5O4S.ClH/c17-26(24,25)19-9-11-2-1-3-12(8-11)13-4-5-18-15-14(13)10-21(6-7-22)16(23)20-15;/h1-5,8,19,22H,6-7,9-10H2,(H2,17,24,25)(H,18,20,23);1H. The Hall–Kier alpha value is -2.24. The summed E-state index contributed by atoms with van der Waals surface area (Å²) in [5.74, 6) is 0.481. The summed E-state index contributed by atoms with van der Waals surface area (Å²) >= 11 is 0. The summed E-state index contributed by atoms with van der Waals surface area (Å²) in [6.45, 7) is 0.489. The number of anilines is 1. The largest absolute Gasteiger partial charge is 0.395 e. The first-order valence-electron chi connectivity index (χ1n) is 7.89. The first-order chi connectivity index (χ1) is 12.4. The molecule has 0 unspecified atom stereocenters. The third kappa shape index (κ3) is 5.15. The molecule has 2 aromatic rings. The SMILES string of the molecule is Cl.NS(=O)(=O)NCc1cccc(-c2ccnc3c2CN(CCO)C(=O)N3)c1. The van der Waals surface area contributed by atoms with Crippen LogP contribution in [0.4, 0.5) is 10.6 Å². The monoisotopic (exact) mass is 413 g/mol. The molecule has 27 heavy (non-hydrogen) atoms. The Bertz CT molecular complexity index is 938. The molecule has 0 fully saturated rings. The summed E-state index contributed by atoms with van der Waals surface area (Å²) in [5, 5.41) is 16.8. The second kappa shape index (κ2) is 8.63. The molecule has 0 saturated heterocycles. The molecule has 1 aliphatic heterocycles. The third-order valence-electron chi connectivity index (χ3n) is 4.00. The number of fused-ring (bicyclic) bond motifs is 1. The Balaban J connectivity index is 0.00000261. The van der Waals surface area contributed by atoms with Crippen LogP contribution >= 0.6 is 12.4 Å². The van der Waals surface area contributed by atoms with Crippen molar-refractivity contribution in [1.29, 1.82) is 0 Å². The van der Waals surface area contributed by atoms with E-state index >= 15 is 0 Å². The normalized spacial score (nSPS) is 13.6. The van der Waals surface area contributed by atoms with Crippen molar-refractivity contribution in [3.8, 4) is 11.1 Å². The number of aromatic nitrogens is 1. The van der Waals surface area contributed by atoms with E-state index in [-0.39, 0.29) is 38.1 Å². The molecular formula is C16H20ClN5O4S. The fourth-order valence-electron chi connectivity index (χ4n) is 2.81. The summed E-state index contributed by atoms with van der Waals surface area (Å²) in [4.78, 5) is 17.7. The number of pyridine rings is 1. The van der Waals surface area contributed by atoms with Gasteiger partial charge in [0.05, 0.1) is 13.2 Å². The van der Waals surface area contributed by atoms with Crippen molar-refractivity contribution in [3.05, 3.63) is 47.7 Å². The maximum absolute atomic E-state index is 12.0. The minimum atomic E-state index is -3.77. The number of carbonyl (C=O) groups is 1. The number of hydrogen-bond donors (Lipinski definition) is 4. The quantitative estimate of drug-likeness (QED) is 0.555. The first kappa shape index (κ1) is 21.1. The highest BCUT2D eigenvalue weighted by Gasteiger charge is 2.25. The molecular weight excluding hydrogens is 394 g/mol. The van der Waals surface area contributed by atoms with Crippen LogP contribution < -0.4 is 15.2 Å². The summed E-state index contributed by atoms with van der Waals surface area (Å²) in [6.07, 6.45) is 1.60. The van der Waals surface area contributed by atoms with Gasteiger partial charge in [-0.15, -0.1) is 12.4 Å². The number of hydrogen-bond acceptors (Lipinski definition) is 5. The molecule has 146 valence electrons. The Kier molecular flexibility index (Phi) is 6.73. The van der Waals surface area contributed by atoms with E-state index in [2.05, 4.69) is 15.0 Å². The van der Waals surface area contributed by atoms with Crippen LogP contribution in [0.2, 0.25) is 0 Å². The van der Waals surface area contributed by atoms with Gasteiger partial charge in [-0.25, -0.2) is 14.9 Å². The van der Waals surface area contributed by atoms with Crippen molar-refractivity contribution < 1.29 is 18.3 Å². The molecule has 2 heterocycles. The first-order valence-corrected chi connectivity index (χ1v) is 9.43. The Labute approximate surface area is 163 Å². The van der Waals surface area contributed by atoms with Crippen LogP contribution in [0.15, 0.2) is 36.5 Å². The number of amides is 2. The van der Waals surface area contributed by atoms with E-state index in [0.717, 1.165) is 22.3 Å². The van der Waals surface area contributed by atoms with Crippen LogP contribution in [0.5, 0.6) is 0 Å². The number of aliphatic hydroxyl groups is 1. The van der Waals surface area contributed by atoms with Crippen molar-refractivity contribution in [1.82, 2.24) is 14.6 Å². The molecule has 0 atom stereocenters. The van der Waals surface area contributed by atoms with Crippen LogP contribution in [-0.2, 0) is 23.3 Å². The summed E-state index contributed by atoms with van der Waals surface area (Å²) in [7, 11) is -3.77. The van der Waals surface area contributed by atoms with Gasteiger partial charge < -0.3 is 10.0 Å². The summed E-state index contributed by atoms with van der Waals surface area (Å²) in [6, 6.07) is 8.87. The third-order valence-corrected chi connectivity index (χ3v) is 4.55. The molecule has 0 bridgehead atoms. The highest BCUT2D eigenvalue weighted by Crippen LogP contribution is 2.32. The van der Waals surface area contributed by atoms with E-state index < -0.39 is 10.2 Å². The van der Waals surface area contributed by atoms with Gasteiger partial charge >= 0.3 is 6.03 Å². The Morgan fingerprint density at radius 2 is 2.11 bits per heavy atom. The smallest absolute Gasteiger partial charge is 0.323 e. The zero-order chi connectivity index (χ0) is 18.7. The number of nitrogens with one attached hydrogen (secondary N) is 2. The second-order valence-corrected chi connectivity index (χ2v) is 7.21. The van der Waals surface area contributed by atoms with Gasteiger partial charge in [-0.2, -0.15) is 13.1 Å². The molecule has 0 radical (unpaired) electrons. The van der Waals surface area contributed by atoms with Crippen molar-refractivity contribution >= 4 is 34.5 Å². The Morgan fingerprint density at radius 1 is 1.33 bits per heavy atom. The topological polar surface area (TPSA) is 138 Å². The number of carbonyl (C=O) groups excluding carboxylic acids is 1. The van der Waals surface area contributed by atoms with E-state index in [4.69, 9.17) is 10.2 Å². The zero-order valence-corrected chi connectivity index (χ0v) is 15.9. The predicted molar refractivity (Wildman–Crippen MR) is 103 cm³/mol. The minimum absolute atomic E-state index is 0. The average molecular weight is 414 g/mol. The zero-order valence-electron chi connectivity index (χ0n) is 14.3. The fraction of sp³-hybridized carbons (Fsp3) is 0.250. The van der Waals surface area contributed by atoms with Gasteiger partial charge in [0.2, 0.25) is 0 Å². The predicted octanol–water partition coefficient (Wildman–Crippen LogP) is 0.803. The number of nitrogens with zero attached hydrogens (tertiary/aromatic N) is 2. The highest BCUT2D eigenvalue weighted by molar-refractivity contribution is 7.87. The number of aliphatic hydroxyl groups excluding tert-OH is 1.